The smallest absolute Gasteiger partial charge is 0.253 e. The second-order valence-electron chi connectivity index (χ2n) is 6.24. The average molecular weight is 375 g/mol. The van der Waals surface area contributed by atoms with Gasteiger partial charge in [0.05, 0.1) is 11.0 Å². The molecule has 3 aromatic rings. The third kappa shape index (κ3) is 5.31. The van der Waals surface area contributed by atoms with Crippen LogP contribution in [0.2, 0.25) is 0 Å². The Bertz CT molecular complexity index is 865. The van der Waals surface area contributed by atoms with Crippen molar-refractivity contribution in [2.45, 2.75) is 24.0 Å². The summed E-state index contributed by atoms with van der Waals surface area (Å²) in [4.78, 5) is 13.6. The Balaban J connectivity index is 1.75. The topological polar surface area (TPSA) is 41.5 Å². The van der Waals surface area contributed by atoms with Crippen molar-refractivity contribution < 1.29 is 4.79 Å². The molecule has 0 bridgehead atoms. The zero-order valence-corrected chi connectivity index (χ0v) is 16.2. The normalized spacial score (nSPS) is 11.5. The third-order valence-corrected chi connectivity index (χ3v) is 5.19. The van der Waals surface area contributed by atoms with E-state index in [0.29, 0.717) is 0 Å². The highest BCUT2D eigenvalue weighted by atomic mass is 32.2. The van der Waals surface area contributed by atoms with Crippen molar-refractivity contribution >= 4 is 23.4 Å². The number of aryl methyl sites for hydroxylation is 1. The van der Waals surface area contributed by atoms with Gasteiger partial charge in [-0.15, -0.1) is 11.8 Å². The number of nitrogens with one attached hydrogen (secondary N) is 1. The number of hydrogen-bond acceptors (Lipinski definition) is 3. The first-order valence-corrected chi connectivity index (χ1v) is 9.73. The Morgan fingerprint density at radius 3 is 1.89 bits per heavy atom. The molecule has 0 aromatic heterocycles. The molecule has 0 aliphatic rings. The molecule has 0 saturated carbocycles. The van der Waals surface area contributed by atoms with Gasteiger partial charge in [-0.1, -0.05) is 78.4 Å². The molecule has 4 heteroatoms. The van der Waals surface area contributed by atoms with Crippen LogP contribution in [-0.4, -0.2) is 16.9 Å². The number of nitrogens with zero attached hydrogens (tertiary/aromatic N) is 1. The van der Waals surface area contributed by atoms with Crippen molar-refractivity contribution in [1.29, 1.82) is 0 Å². The number of thioether (sulfide) groups is 1. The highest BCUT2D eigenvalue weighted by Crippen LogP contribution is 2.23. The van der Waals surface area contributed by atoms with E-state index in [4.69, 9.17) is 0 Å². The number of carbonyl (C=O) groups excluding carboxylic acids is 1. The van der Waals surface area contributed by atoms with Crippen LogP contribution >= 0.6 is 11.8 Å². The molecule has 0 fully saturated rings. The lowest BCUT2D eigenvalue weighted by Crippen LogP contribution is -2.28. The maximum absolute atomic E-state index is 12.5. The molecular formula is C23H22N2OS. The largest absolute Gasteiger partial charge is 0.272 e. The summed E-state index contributed by atoms with van der Waals surface area (Å²) < 4.78 is 0. The van der Waals surface area contributed by atoms with Crippen LogP contribution in [0.5, 0.6) is 0 Å². The van der Waals surface area contributed by atoms with Gasteiger partial charge < -0.3 is 0 Å². The van der Waals surface area contributed by atoms with E-state index in [2.05, 4.69) is 10.5 Å². The minimum atomic E-state index is -0.246. The molecule has 0 aliphatic carbocycles. The van der Waals surface area contributed by atoms with Gasteiger partial charge in [-0.25, -0.2) is 5.43 Å². The summed E-state index contributed by atoms with van der Waals surface area (Å²) in [5, 5.41) is 4.20. The van der Waals surface area contributed by atoms with Crippen LogP contribution in [0.3, 0.4) is 0 Å². The van der Waals surface area contributed by atoms with Crippen molar-refractivity contribution in [2.24, 2.45) is 5.10 Å². The summed E-state index contributed by atoms with van der Waals surface area (Å²) in [6.45, 7) is 3.94. The quantitative estimate of drug-likeness (QED) is 0.373. The predicted octanol–water partition coefficient (Wildman–Crippen LogP) is 5.04. The first-order valence-electron chi connectivity index (χ1n) is 8.85. The van der Waals surface area contributed by atoms with Gasteiger partial charge in [0.25, 0.3) is 5.91 Å². The molecule has 1 atom stereocenters. The highest BCUT2D eigenvalue weighted by Gasteiger charge is 2.15. The Morgan fingerprint density at radius 2 is 1.37 bits per heavy atom. The van der Waals surface area contributed by atoms with Gasteiger partial charge >= 0.3 is 0 Å². The van der Waals surface area contributed by atoms with E-state index in [1.54, 1.807) is 0 Å². The molecule has 136 valence electrons. The van der Waals surface area contributed by atoms with Crippen LogP contribution in [0.15, 0.2) is 94.9 Å². The Morgan fingerprint density at radius 1 is 0.852 bits per heavy atom. The summed E-state index contributed by atoms with van der Waals surface area (Å²) in [7, 11) is 0. The Kier molecular flexibility index (Phi) is 6.44. The van der Waals surface area contributed by atoms with Crippen LogP contribution in [0, 0.1) is 6.92 Å². The zero-order chi connectivity index (χ0) is 19.1. The van der Waals surface area contributed by atoms with Gasteiger partial charge in [0.15, 0.2) is 0 Å². The fourth-order valence-electron chi connectivity index (χ4n) is 2.56. The van der Waals surface area contributed by atoms with Crippen LogP contribution in [0.25, 0.3) is 0 Å². The Labute approximate surface area is 164 Å². The van der Waals surface area contributed by atoms with Crippen LogP contribution < -0.4 is 5.43 Å². The average Bonchev–Trinajstić information content (AvgIpc) is 2.71. The standard InChI is InChI=1S/C23H22N2OS/c1-17-13-15-21(16-14-17)27-18(2)23(26)25-24-22(19-9-5-3-6-10-19)20-11-7-4-8-12-20/h3-16,18H,1-2H3,(H,25,26)/t18-/m1/s1. The molecule has 0 saturated heterocycles. The van der Waals surface area contributed by atoms with Crippen molar-refractivity contribution in [2.75, 3.05) is 0 Å². The van der Waals surface area contributed by atoms with E-state index in [1.165, 1.54) is 17.3 Å². The highest BCUT2D eigenvalue weighted by molar-refractivity contribution is 8.00. The molecule has 0 heterocycles. The number of hydrogen-bond donors (Lipinski definition) is 1. The van der Waals surface area contributed by atoms with Crippen LogP contribution in [-0.2, 0) is 4.79 Å². The fourth-order valence-corrected chi connectivity index (χ4v) is 3.43. The number of benzene rings is 3. The molecule has 3 aromatic carbocycles. The maximum atomic E-state index is 12.5. The minimum Gasteiger partial charge on any atom is -0.272 e. The zero-order valence-electron chi connectivity index (χ0n) is 15.4. The maximum Gasteiger partial charge on any atom is 0.253 e. The molecule has 3 rings (SSSR count). The molecule has 0 radical (unpaired) electrons. The number of rotatable bonds is 6. The number of hydrazone groups is 1. The molecule has 1 amide bonds. The van der Waals surface area contributed by atoms with Crippen molar-refractivity contribution in [3.05, 3.63) is 102 Å². The van der Waals surface area contributed by atoms with Crippen LogP contribution in [0.1, 0.15) is 23.6 Å². The molecule has 0 spiro atoms. The lowest BCUT2D eigenvalue weighted by atomic mass is 10.0. The lowest BCUT2D eigenvalue weighted by molar-refractivity contribution is -0.120. The lowest BCUT2D eigenvalue weighted by Gasteiger charge is -2.12. The van der Waals surface area contributed by atoms with Crippen molar-refractivity contribution in [3.63, 3.8) is 0 Å². The summed E-state index contributed by atoms with van der Waals surface area (Å²) in [5.74, 6) is -0.120. The SMILES string of the molecule is Cc1ccc(S[C@H](C)C(=O)NN=C(c2ccccc2)c2ccccc2)cc1. The van der Waals surface area contributed by atoms with Crippen molar-refractivity contribution in [3.8, 4) is 0 Å². The molecule has 3 nitrogen and oxygen atoms in total. The van der Waals surface area contributed by atoms with Crippen molar-refractivity contribution in [1.82, 2.24) is 5.43 Å². The molecule has 27 heavy (non-hydrogen) atoms. The van der Waals surface area contributed by atoms with Gasteiger partial charge in [0.2, 0.25) is 0 Å². The molecule has 0 aliphatic heterocycles. The van der Waals surface area contributed by atoms with Gasteiger partial charge in [-0.3, -0.25) is 4.79 Å². The number of carbonyl (C=O) groups is 1. The minimum absolute atomic E-state index is 0.120. The number of amides is 1. The van der Waals surface area contributed by atoms with Gasteiger partial charge in [-0.05, 0) is 26.0 Å². The molecule has 1 N–H and O–H groups in total. The van der Waals surface area contributed by atoms with E-state index in [1.807, 2.05) is 98.8 Å². The van der Waals surface area contributed by atoms with E-state index >= 15 is 0 Å². The van der Waals surface area contributed by atoms with Gasteiger partial charge in [-0.2, -0.15) is 5.10 Å². The summed E-state index contributed by atoms with van der Waals surface area (Å²) in [5.41, 5.74) is 6.61. The second-order valence-corrected chi connectivity index (χ2v) is 7.66. The third-order valence-electron chi connectivity index (χ3n) is 4.08. The summed E-state index contributed by atoms with van der Waals surface area (Å²) in [6.07, 6.45) is 0. The fraction of sp³-hybridized carbons (Fsp3) is 0.130. The second kappa shape index (κ2) is 9.19. The monoisotopic (exact) mass is 374 g/mol. The van der Waals surface area contributed by atoms with E-state index in [9.17, 15) is 4.79 Å². The van der Waals surface area contributed by atoms with E-state index in [-0.39, 0.29) is 11.2 Å². The van der Waals surface area contributed by atoms with E-state index in [0.717, 1.165) is 21.7 Å². The summed E-state index contributed by atoms with van der Waals surface area (Å²) in [6, 6.07) is 27.9. The summed E-state index contributed by atoms with van der Waals surface area (Å²) >= 11 is 1.52. The molecule has 0 unspecified atom stereocenters. The first-order chi connectivity index (χ1) is 13.1. The van der Waals surface area contributed by atoms with Crippen LogP contribution in [0.4, 0.5) is 0 Å². The first kappa shape index (κ1) is 18.9. The predicted molar refractivity (Wildman–Crippen MR) is 113 cm³/mol. The van der Waals surface area contributed by atoms with Gasteiger partial charge in [0, 0.05) is 16.0 Å². The van der Waals surface area contributed by atoms with Gasteiger partial charge in [0.1, 0.15) is 0 Å². The Hall–Kier alpha value is -2.85. The molecular weight excluding hydrogens is 352 g/mol. The van der Waals surface area contributed by atoms with E-state index < -0.39 is 0 Å².